The van der Waals surface area contributed by atoms with Gasteiger partial charge in [-0.2, -0.15) is 5.10 Å². The summed E-state index contributed by atoms with van der Waals surface area (Å²) in [7, 11) is 3.22. The van der Waals surface area contributed by atoms with Crippen molar-refractivity contribution in [3.63, 3.8) is 0 Å². The van der Waals surface area contributed by atoms with E-state index >= 15 is 0 Å². The summed E-state index contributed by atoms with van der Waals surface area (Å²) in [4.78, 5) is 34.9. The predicted octanol–water partition coefficient (Wildman–Crippen LogP) is 2.19. The van der Waals surface area contributed by atoms with Crippen LogP contribution in [0.3, 0.4) is 0 Å². The van der Waals surface area contributed by atoms with Crippen LogP contribution < -0.4 is 21.1 Å². The highest BCUT2D eigenvalue weighted by Crippen LogP contribution is 2.28. The van der Waals surface area contributed by atoms with E-state index in [2.05, 4.69) is 30.7 Å². The number of aromatic nitrogens is 5. The Kier molecular flexibility index (Phi) is 8.49. The second-order valence-corrected chi connectivity index (χ2v) is 10.6. The molecule has 4 aromatic rings. The van der Waals surface area contributed by atoms with Gasteiger partial charge in [-0.1, -0.05) is 6.07 Å². The topological polar surface area (TPSA) is 187 Å². The van der Waals surface area contributed by atoms with Gasteiger partial charge in [0.25, 0.3) is 20.9 Å². The van der Waals surface area contributed by atoms with E-state index in [1.807, 2.05) is 6.07 Å². The van der Waals surface area contributed by atoms with Crippen LogP contribution in [0.25, 0.3) is 11.0 Å². The normalized spacial score (nSPS) is 12.4. The van der Waals surface area contributed by atoms with E-state index in [1.54, 1.807) is 39.2 Å². The number of H-pyrrole nitrogens is 1. The minimum atomic E-state index is -3.65. The predicted molar refractivity (Wildman–Crippen MR) is 143 cm³/mol. The zero-order valence-corrected chi connectivity index (χ0v) is 22.8. The molecule has 0 spiro atoms. The van der Waals surface area contributed by atoms with Crippen LogP contribution >= 0.6 is 23.1 Å². The summed E-state index contributed by atoms with van der Waals surface area (Å²) in [6.07, 6.45) is 2.87. The van der Waals surface area contributed by atoms with Crippen molar-refractivity contribution in [2.24, 2.45) is 7.05 Å². The highest BCUT2D eigenvalue weighted by atomic mass is 35.7. The summed E-state index contributed by atoms with van der Waals surface area (Å²) in [5.41, 5.74) is 9.85. The van der Waals surface area contributed by atoms with Gasteiger partial charge >= 0.3 is 0 Å². The molecule has 202 valence electrons. The number of carbonyl (C=O) groups is 2. The number of fused-ring (bicyclic) bond motifs is 2. The fourth-order valence-electron chi connectivity index (χ4n) is 3.74. The summed E-state index contributed by atoms with van der Waals surface area (Å²) in [5, 5.41) is 9.45. The van der Waals surface area contributed by atoms with Gasteiger partial charge in [0.2, 0.25) is 0 Å². The lowest BCUT2D eigenvalue weighted by Gasteiger charge is -2.18. The molecule has 38 heavy (non-hydrogen) atoms. The molecule has 16 heteroatoms. The van der Waals surface area contributed by atoms with Crippen molar-refractivity contribution in [2.75, 3.05) is 17.7 Å². The monoisotopic (exact) mass is 582 g/mol. The molecule has 0 unspecified atom stereocenters. The first kappa shape index (κ1) is 28.7. The van der Waals surface area contributed by atoms with Crippen LogP contribution in [0.4, 0.5) is 11.4 Å². The molecule has 0 bridgehead atoms. The Morgan fingerprint density at radius 1 is 1.29 bits per heavy atom. The van der Waals surface area contributed by atoms with E-state index in [4.69, 9.17) is 21.2 Å². The number of amides is 2. The first-order chi connectivity index (χ1) is 17.5. The third kappa shape index (κ3) is 5.98. The maximum atomic E-state index is 12.4. The molecule has 1 aliphatic heterocycles. The molecular formula is C22H24Cl2N8O5S. The van der Waals surface area contributed by atoms with Crippen LogP contribution in [-0.2, 0) is 27.4 Å². The van der Waals surface area contributed by atoms with Gasteiger partial charge in [0.15, 0.2) is 12.3 Å². The molecule has 0 radical (unpaired) electrons. The first-order valence-corrected chi connectivity index (χ1v) is 13.1. The smallest absolute Gasteiger partial charge is 0.272 e. The highest BCUT2D eigenvalue weighted by Gasteiger charge is 2.21. The van der Waals surface area contributed by atoms with Crippen LogP contribution in [0.2, 0.25) is 0 Å². The Morgan fingerprint density at radius 3 is 2.66 bits per heavy atom. The van der Waals surface area contributed by atoms with Gasteiger partial charge in [-0.3, -0.25) is 14.3 Å². The van der Waals surface area contributed by atoms with Gasteiger partial charge in [0, 0.05) is 30.5 Å². The number of anilines is 2. The average Bonchev–Trinajstić information content (AvgIpc) is 3.35. The lowest BCUT2D eigenvalue weighted by molar-refractivity contribution is -0.118. The number of halogens is 2. The number of rotatable bonds is 4. The fourth-order valence-corrected chi connectivity index (χ4v) is 5.29. The molecule has 1 aromatic carbocycles. The number of aryl methyl sites for hydroxylation is 2. The van der Waals surface area contributed by atoms with Crippen molar-refractivity contribution >= 4 is 66.4 Å². The Labute approximate surface area is 227 Å². The Bertz CT molecular complexity index is 1630. The van der Waals surface area contributed by atoms with Crippen LogP contribution in [0, 0.1) is 13.8 Å². The summed E-state index contributed by atoms with van der Waals surface area (Å²) >= 11 is 0. The Morgan fingerprint density at radius 2 is 2.03 bits per heavy atom. The molecule has 5 rings (SSSR count). The number of hydrogen-bond acceptors (Lipinski definition) is 9. The molecule has 3 aromatic heterocycles. The van der Waals surface area contributed by atoms with Gasteiger partial charge in [0.05, 0.1) is 28.3 Å². The fraction of sp³-hybridized carbons (Fsp3) is 0.227. The van der Waals surface area contributed by atoms with E-state index in [9.17, 15) is 18.0 Å². The summed E-state index contributed by atoms with van der Waals surface area (Å²) in [6.45, 7) is 3.55. The number of ether oxygens (including phenoxy) is 1. The molecule has 13 nitrogen and oxygen atoms in total. The number of aromatic amines is 1. The van der Waals surface area contributed by atoms with Gasteiger partial charge < -0.3 is 26.1 Å². The zero-order chi connectivity index (χ0) is 26.9. The lowest BCUT2D eigenvalue weighted by Crippen LogP contribution is -2.26. The van der Waals surface area contributed by atoms with Crippen molar-refractivity contribution in [3.8, 4) is 5.75 Å². The van der Waals surface area contributed by atoms with Gasteiger partial charge in [0.1, 0.15) is 22.5 Å². The third-order valence-corrected chi connectivity index (χ3v) is 7.07. The number of nitrogens with one attached hydrogen (secondary N) is 3. The van der Waals surface area contributed by atoms with Crippen molar-refractivity contribution < 1.29 is 22.7 Å². The van der Waals surface area contributed by atoms with Crippen LogP contribution in [0.1, 0.15) is 27.4 Å². The quantitative estimate of drug-likeness (QED) is 0.261. The molecule has 2 amide bonds. The average molecular weight is 583 g/mol. The SMILES string of the molecule is Cc1nn(C)c(C)c1S(=O)(=O)Cl.Cl.Nc1c[nH]c2c(C(=O)NCc3ccc4c(c3)NC(=O)CO4)ncnc12. The van der Waals surface area contributed by atoms with E-state index in [1.165, 1.54) is 11.0 Å². The Hall–Kier alpha value is -3.88. The van der Waals surface area contributed by atoms with Crippen molar-refractivity contribution in [2.45, 2.75) is 25.3 Å². The number of nitrogens with zero attached hydrogens (tertiary/aromatic N) is 4. The van der Waals surface area contributed by atoms with Gasteiger partial charge in [-0.25, -0.2) is 18.4 Å². The number of hydrogen-bond donors (Lipinski definition) is 4. The van der Waals surface area contributed by atoms with Crippen LogP contribution in [0.15, 0.2) is 35.6 Å². The summed E-state index contributed by atoms with van der Waals surface area (Å²) in [6, 6.07) is 5.33. The number of nitrogen functional groups attached to an aromatic ring is 1. The molecule has 5 N–H and O–H groups in total. The minimum Gasteiger partial charge on any atom is -0.482 e. The molecule has 4 heterocycles. The largest absolute Gasteiger partial charge is 0.482 e. The standard InChI is InChI=1S/C16H14N6O3.C6H9ClN2O2S.ClH/c17-9-5-18-14-13(9)20-7-21-15(14)16(24)19-4-8-1-2-11-10(3-8)22-12(23)6-25-11;1-4-6(12(7,10)11)5(2)9(3)8-4;/h1-3,5,7,18H,4,6,17H2,(H,19,24)(H,22,23);1-3H3;1H. The molecule has 0 saturated carbocycles. The summed E-state index contributed by atoms with van der Waals surface area (Å²) in [5.74, 6) is 0.0442. The van der Waals surface area contributed by atoms with Crippen molar-refractivity contribution in [3.05, 3.63) is 53.4 Å². The molecule has 0 atom stereocenters. The van der Waals surface area contributed by atoms with E-state index in [0.717, 1.165) is 5.56 Å². The van der Waals surface area contributed by atoms with E-state index in [0.29, 0.717) is 39.5 Å². The second kappa shape index (κ2) is 11.2. The second-order valence-electron chi connectivity index (χ2n) is 8.10. The van der Waals surface area contributed by atoms with Crippen LogP contribution in [-0.4, -0.2) is 51.6 Å². The molecule has 1 aliphatic rings. The zero-order valence-electron chi connectivity index (χ0n) is 20.4. The minimum absolute atomic E-state index is 0. The molecule has 0 fully saturated rings. The third-order valence-electron chi connectivity index (χ3n) is 5.52. The summed E-state index contributed by atoms with van der Waals surface area (Å²) < 4.78 is 28.8. The van der Waals surface area contributed by atoms with Gasteiger partial charge in [-0.15, -0.1) is 12.4 Å². The van der Waals surface area contributed by atoms with E-state index < -0.39 is 9.05 Å². The number of nitrogens with two attached hydrogens (primary N) is 1. The van der Waals surface area contributed by atoms with Crippen molar-refractivity contribution in [1.29, 1.82) is 0 Å². The molecular weight excluding hydrogens is 559 g/mol. The van der Waals surface area contributed by atoms with Crippen LogP contribution in [0.5, 0.6) is 5.75 Å². The lowest BCUT2D eigenvalue weighted by atomic mass is 10.1. The first-order valence-electron chi connectivity index (χ1n) is 10.8. The molecule has 0 saturated heterocycles. The maximum absolute atomic E-state index is 12.4. The number of carbonyl (C=O) groups excluding carboxylic acids is 2. The highest BCUT2D eigenvalue weighted by molar-refractivity contribution is 8.13. The Balaban J connectivity index is 0.000000262. The maximum Gasteiger partial charge on any atom is 0.272 e. The van der Waals surface area contributed by atoms with Crippen molar-refractivity contribution in [1.82, 2.24) is 30.0 Å². The van der Waals surface area contributed by atoms with E-state index in [-0.39, 0.29) is 48.0 Å². The van der Waals surface area contributed by atoms with Gasteiger partial charge in [-0.05, 0) is 31.5 Å². The molecule has 0 aliphatic carbocycles. The number of benzene rings is 1.